The van der Waals surface area contributed by atoms with Gasteiger partial charge in [0.05, 0.1) is 52.9 Å². The fraction of sp³-hybridized carbons (Fsp3) is 0.310. The predicted octanol–water partition coefficient (Wildman–Crippen LogP) is 5.45. The molecule has 0 spiro atoms. The Kier molecular flexibility index (Phi) is 8.09. The number of piperazine rings is 1. The maximum atomic E-state index is 13.4. The van der Waals surface area contributed by atoms with Crippen LogP contribution < -0.4 is 20.1 Å². The average Bonchev–Trinajstić information content (AvgIpc) is 2.94. The summed E-state index contributed by atoms with van der Waals surface area (Å²) in [5.74, 6) is 0.456. The standard InChI is InChI=1S/C29H30Cl2N6O3/c1-29(2)16-37(12-11-35-29)15-18-6-5-17(14-34-18)36-28(38)20-8-7-19(26-27(20)33-10-9-32-26)23-24(30)21(39-3)13-22(40-4)25(23)31/h5-10,13-14,35H,11-12,15-16H2,1-4H3,(H,36,38). The number of halogens is 2. The first kappa shape index (κ1) is 28.0. The topological polar surface area (TPSA) is 102 Å². The second-order valence-corrected chi connectivity index (χ2v) is 11.0. The number of methoxy groups -OCH3 is 2. The number of fused-ring (bicyclic) bond motifs is 1. The lowest BCUT2D eigenvalue weighted by atomic mass is 9.99. The Morgan fingerprint density at radius 3 is 2.35 bits per heavy atom. The second-order valence-electron chi connectivity index (χ2n) is 10.2. The number of benzene rings is 2. The first-order chi connectivity index (χ1) is 19.2. The van der Waals surface area contributed by atoms with Gasteiger partial charge in [-0.15, -0.1) is 0 Å². The summed E-state index contributed by atoms with van der Waals surface area (Å²) in [4.78, 5) is 29.3. The van der Waals surface area contributed by atoms with Crippen molar-refractivity contribution in [3.63, 3.8) is 0 Å². The number of nitrogens with one attached hydrogen (secondary N) is 2. The van der Waals surface area contributed by atoms with Gasteiger partial charge >= 0.3 is 0 Å². The van der Waals surface area contributed by atoms with Crippen molar-refractivity contribution in [2.45, 2.75) is 25.9 Å². The van der Waals surface area contributed by atoms with Crippen LogP contribution >= 0.6 is 23.2 Å². The number of hydrogen-bond acceptors (Lipinski definition) is 8. The Bertz CT molecular complexity index is 1530. The van der Waals surface area contributed by atoms with Crippen LogP contribution in [0.2, 0.25) is 10.0 Å². The molecule has 11 heteroatoms. The monoisotopic (exact) mass is 580 g/mol. The second kappa shape index (κ2) is 11.5. The predicted molar refractivity (Wildman–Crippen MR) is 158 cm³/mol. The fourth-order valence-electron chi connectivity index (χ4n) is 4.96. The van der Waals surface area contributed by atoms with Crippen LogP contribution in [0.1, 0.15) is 29.9 Å². The lowest BCUT2D eigenvalue weighted by Crippen LogP contribution is -2.56. The van der Waals surface area contributed by atoms with Gasteiger partial charge in [0.15, 0.2) is 0 Å². The first-order valence-electron chi connectivity index (χ1n) is 12.8. The lowest BCUT2D eigenvalue weighted by Gasteiger charge is -2.38. The fourth-order valence-corrected chi connectivity index (χ4v) is 5.67. The van der Waals surface area contributed by atoms with Crippen LogP contribution in [-0.2, 0) is 6.54 Å². The summed E-state index contributed by atoms with van der Waals surface area (Å²) in [5, 5.41) is 7.04. The zero-order chi connectivity index (χ0) is 28.4. The minimum atomic E-state index is -0.337. The molecule has 0 unspecified atom stereocenters. The third kappa shape index (κ3) is 5.69. The zero-order valence-corrected chi connectivity index (χ0v) is 24.2. The Balaban J connectivity index is 1.42. The van der Waals surface area contributed by atoms with E-state index in [1.54, 1.807) is 30.6 Å². The molecule has 0 bridgehead atoms. The highest BCUT2D eigenvalue weighted by atomic mass is 35.5. The van der Waals surface area contributed by atoms with Crippen LogP contribution in [0.15, 0.2) is 48.9 Å². The minimum Gasteiger partial charge on any atom is -0.495 e. The number of nitrogens with zero attached hydrogens (tertiary/aromatic N) is 4. The molecule has 5 rings (SSSR count). The van der Waals surface area contributed by atoms with E-state index in [1.807, 2.05) is 12.1 Å². The Morgan fingerprint density at radius 1 is 1.02 bits per heavy atom. The van der Waals surface area contributed by atoms with E-state index in [2.05, 4.69) is 44.3 Å². The van der Waals surface area contributed by atoms with Crippen LogP contribution in [0.5, 0.6) is 11.5 Å². The van der Waals surface area contributed by atoms with Crippen molar-refractivity contribution in [2.24, 2.45) is 0 Å². The van der Waals surface area contributed by atoms with Gasteiger partial charge in [-0.05, 0) is 32.0 Å². The molecule has 1 aliphatic rings. The smallest absolute Gasteiger partial charge is 0.257 e. The highest BCUT2D eigenvalue weighted by Crippen LogP contribution is 2.47. The number of carbonyl (C=O) groups is 1. The molecule has 0 atom stereocenters. The van der Waals surface area contributed by atoms with E-state index in [0.29, 0.717) is 55.0 Å². The summed E-state index contributed by atoms with van der Waals surface area (Å²) in [6, 6.07) is 8.83. The number of rotatable bonds is 7. The zero-order valence-electron chi connectivity index (χ0n) is 22.7. The van der Waals surface area contributed by atoms with Crippen molar-refractivity contribution in [2.75, 3.05) is 39.2 Å². The van der Waals surface area contributed by atoms with Crippen molar-refractivity contribution in [3.05, 3.63) is 70.2 Å². The number of aromatic nitrogens is 3. The maximum Gasteiger partial charge on any atom is 0.257 e. The molecule has 0 radical (unpaired) electrons. The van der Waals surface area contributed by atoms with Gasteiger partial charge in [0.1, 0.15) is 17.0 Å². The number of ether oxygens (including phenoxy) is 2. The van der Waals surface area contributed by atoms with Gasteiger partial charge in [0.25, 0.3) is 5.91 Å². The summed E-state index contributed by atoms with van der Waals surface area (Å²) in [6.07, 6.45) is 4.76. The maximum absolute atomic E-state index is 13.4. The molecule has 1 aliphatic heterocycles. The average molecular weight is 582 g/mol. The molecular formula is C29H30Cl2N6O3. The van der Waals surface area contributed by atoms with Gasteiger partial charge < -0.3 is 20.1 Å². The van der Waals surface area contributed by atoms with Gasteiger partial charge in [0, 0.05) is 61.3 Å². The van der Waals surface area contributed by atoms with Crippen molar-refractivity contribution in [3.8, 4) is 22.6 Å². The van der Waals surface area contributed by atoms with E-state index < -0.39 is 0 Å². The molecule has 4 aromatic rings. The van der Waals surface area contributed by atoms with E-state index >= 15 is 0 Å². The third-order valence-electron chi connectivity index (χ3n) is 6.83. The molecule has 0 saturated carbocycles. The number of pyridine rings is 1. The molecule has 2 aromatic carbocycles. The van der Waals surface area contributed by atoms with Gasteiger partial charge in [-0.1, -0.05) is 29.3 Å². The van der Waals surface area contributed by atoms with Crippen molar-refractivity contribution >= 4 is 45.8 Å². The number of carbonyl (C=O) groups excluding carboxylic acids is 1. The molecule has 208 valence electrons. The van der Waals surface area contributed by atoms with Crippen LogP contribution in [0.4, 0.5) is 5.69 Å². The quantitative estimate of drug-likeness (QED) is 0.297. The van der Waals surface area contributed by atoms with Crippen LogP contribution in [0, 0.1) is 0 Å². The van der Waals surface area contributed by atoms with E-state index in [0.717, 1.165) is 31.9 Å². The van der Waals surface area contributed by atoms with Crippen molar-refractivity contribution in [1.82, 2.24) is 25.2 Å². The largest absolute Gasteiger partial charge is 0.495 e. The molecule has 2 N–H and O–H groups in total. The van der Waals surface area contributed by atoms with E-state index in [1.165, 1.54) is 20.4 Å². The number of anilines is 1. The summed E-state index contributed by atoms with van der Waals surface area (Å²) < 4.78 is 10.8. The molecule has 1 amide bonds. The molecule has 1 fully saturated rings. The highest BCUT2D eigenvalue weighted by molar-refractivity contribution is 6.41. The lowest BCUT2D eigenvalue weighted by molar-refractivity contribution is 0.102. The van der Waals surface area contributed by atoms with Gasteiger partial charge in [-0.2, -0.15) is 0 Å². The van der Waals surface area contributed by atoms with Crippen molar-refractivity contribution in [1.29, 1.82) is 0 Å². The number of amides is 1. The van der Waals surface area contributed by atoms with Crippen LogP contribution in [-0.4, -0.2) is 65.2 Å². The van der Waals surface area contributed by atoms with E-state index in [4.69, 9.17) is 32.7 Å². The number of hydrogen-bond donors (Lipinski definition) is 2. The molecule has 1 saturated heterocycles. The molecular weight excluding hydrogens is 551 g/mol. The van der Waals surface area contributed by atoms with Crippen LogP contribution in [0.3, 0.4) is 0 Å². The SMILES string of the molecule is COc1cc(OC)c(Cl)c(-c2ccc(C(=O)Nc3ccc(CN4CCNC(C)(C)C4)nc3)c3nccnc23)c1Cl. The van der Waals surface area contributed by atoms with Crippen molar-refractivity contribution < 1.29 is 14.3 Å². The molecule has 2 aromatic heterocycles. The highest BCUT2D eigenvalue weighted by Gasteiger charge is 2.26. The Labute approximate surface area is 242 Å². The van der Waals surface area contributed by atoms with Gasteiger partial charge in [-0.25, -0.2) is 0 Å². The van der Waals surface area contributed by atoms with Crippen LogP contribution in [0.25, 0.3) is 22.2 Å². The molecule has 9 nitrogen and oxygen atoms in total. The molecule has 3 heterocycles. The minimum absolute atomic E-state index is 0.0721. The van der Waals surface area contributed by atoms with Gasteiger partial charge in [-0.3, -0.25) is 24.6 Å². The van der Waals surface area contributed by atoms with E-state index in [-0.39, 0.29) is 11.4 Å². The first-order valence-corrected chi connectivity index (χ1v) is 13.5. The summed E-state index contributed by atoms with van der Waals surface area (Å²) in [6.45, 7) is 8.00. The molecule has 0 aliphatic carbocycles. The molecule has 40 heavy (non-hydrogen) atoms. The Morgan fingerprint density at radius 2 is 1.73 bits per heavy atom. The summed E-state index contributed by atoms with van der Waals surface area (Å²) >= 11 is 13.3. The van der Waals surface area contributed by atoms with Gasteiger partial charge in [0.2, 0.25) is 0 Å². The Hall–Kier alpha value is -3.50. The van der Waals surface area contributed by atoms with E-state index in [9.17, 15) is 4.79 Å². The summed E-state index contributed by atoms with van der Waals surface area (Å²) in [7, 11) is 3.02. The normalized spacial score (nSPS) is 15.2. The third-order valence-corrected chi connectivity index (χ3v) is 7.58. The summed E-state index contributed by atoms with van der Waals surface area (Å²) in [5.41, 5.74) is 3.87.